The van der Waals surface area contributed by atoms with E-state index in [1.807, 2.05) is 0 Å². The molecule has 0 aliphatic heterocycles. The van der Waals surface area contributed by atoms with Crippen LogP contribution in [-0.4, -0.2) is 9.97 Å². The van der Waals surface area contributed by atoms with Gasteiger partial charge in [0.1, 0.15) is 23.5 Å². The first-order valence-corrected chi connectivity index (χ1v) is 5.21. The molecule has 0 aliphatic carbocycles. The van der Waals surface area contributed by atoms with Crippen molar-refractivity contribution in [1.82, 2.24) is 9.97 Å². The molecule has 98 valence electrons. The first-order valence-electron chi connectivity index (χ1n) is 5.21. The zero-order chi connectivity index (χ0) is 14.9. The minimum Gasteiger partial charge on any atom is -0.382 e. The molecule has 4 N–H and O–H groups in total. The molecule has 2 rings (SSSR count). The van der Waals surface area contributed by atoms with Gasteiger partial charge in [-0.2, -0.15) is 15.5 Å². The average Bonchev–Trinajstić information content (AvgIpc) is 2.41. The number of aromatic nitrogens is 2. The van der Waals surface area contributed by atoms with Gasteiger partial charge in [0.15, 0.2) is 11.6 Å². The van der Waals surface area contributed by atoms with E-state index in [1.54, 1.807) is 6.07 Å². The van der Waals surface area contributed by atoms with Crippen LogP contribution in [0.15, 0.2) is 12.1 Å². The van der Waals surface area contributed by atoms with Gasteiger partial charge in [-0.3, -0.25) is 0 Å². The van der Waals surface area contributed by atoms with Crippen molar-refractivity contribution in [3.63, 3.8) is 0 Å². The fourth-order valence-electron chi connectivity index (χ4n) is 1.62. The summed E-state index contributed by atoms with van der Waals surface area (Å²) in [5.41, 5.74) is 9.65. The van der Waals surface area contributed by atoms with E-state index in [2.05, 4.69) is 9.97 Å². The quantitative estimate of drug-likeness (QED) is 0.806. The number of nitrogens with zero attached hydrogens (tertiary/aromatic N) is 4. The highest BCUT2D eigenvalue weighted by Gasteiger charge is 2.20. The van der Waals surface area contributed by atoms with Crippen LogP contribution in [0.1, 0.15) is 11.1 Å². The van der Waals surface area contributed by atoms with Gasteiger partial charge in [-0.25, -0.2) is 13.8 Å². The molecule has 0 radical (unpaired) electrons. The number of hydrogen-bond donors (Lipinski definition) is 2. The summed E-state index contributed by atoms with van der Waals surface area (Å²) in [5, 5.41) is 17.6. The van der Waals surface area contributed by atoms with Crippen LogP contribution >= 0.6 is 0 Å². The van der Waals surface area contributed by atoms with Gasteiger partial charge in [0.2, 0.25) is 5.95 Å². The third-order valence-corrected chi connectivity index (χ3v) is 2.52. The maximum atomic E-state index is 13.9. The lowest BCUT2D eigenvalue weighted by Gasteiger charge is -2.08. The number of benzene rings is 1. The third-order valence-electron chi connectivity index (χ3n) is 2.52. The normalized spacial score (nSPS) is 9.80. The molecular formula is C12H6F2N6. The summed E-state index contributed by atoms with van der Waals surface area (Å²) >= 11 is 0. The van der Waals surface area contributed by atoms with Gasteiger partial charge in [0.25, 0.3) is 0 Å². The summed E-state index contributed by atoms with van der Waals surface area (Å²) < 4.78 is 27.5. The summed E-state index contributed by atoms with van der Waals surface area (Å²) in [6.45, 7) is 0. The van der Waals surface area contributed by atoms with Gasteiger partial charge in [0.05, 0.1) is 11.3 Å². The molecular weight excluding hydrogens is 266 g/mol. The van der Waals surface area contributed by atoms with Crippen molar-refractivity contribution < 1.29 is 8.78 Å². The SMILES string of the molecule is N#Cc1ccc(-c2nc(N)nc(N)c2C#N)c(F)c1F. The zero-order valence-electron chi connectivity index (χ0n) is 9.85. The minimum atomic E-state index is -1.33. The van der Waals surface area contributed by atoms with E-state index in [-0.39, 0.29) is 28.6 Å². The molecule has 0 saturated carbocycles. The second-order valence-corrected chi connectivity index (χ2v) is 3.70. The molecule has 2 aromatic rings. The van der Waals surface area contributed by atoms with Crippen LogP contribution in [0.25, 0.3) is 11.3 Å². The van der Waals surface area contributed by atoms with Crippen LogP contribution in [0, 0.1) is 34.3 Å². The lowest BCUT2D eigenvalue weighted by Crippen LogP contribution is -2.06. The number of rotatable bonds is 1. The van der Waals surface area contributed by atoms with E-state index >= 15 is 0 Å². The smallest absolute Gasteiger partial charge is 0.222 e. The molecule has 0 unspecified atom stereocenters. The Morgan fingerprint density at radius 2 is 1.70 bits per heavy atom. The number of hydrogen-bond acceptors (Lipinski definition) is 6. The topological polar surface area (TPSA) is 125 Å². The van der Waals surface area contributed by atoms with Crippen LogP contribution in [0.4, 0.5) is 20.5 Å². The molecule has 0 spiro atoms. The fourth-order valence-corrected chi connectivity index (χ4v) is 1.62. The second kappa shape index (κ2) is 4.78. The molecule has 0 fully saturated rings. The van der Waals surface area contributed by atoms with E-state index in [9.17, 15) is 8.78 Å². The van der Waals surface area contributed by atoms with E-state index in [1.165, 1.54) is 6.07 Å². The number of nitriles is 2. The van der Waals surface area contributed by atoms with Crippen molar-refractivity contribution in [2.75, 3.05) is 11.5 Å². The maximum Gasteiger partial charge on any atom is 0.222 e. The Labute approximate surface area is 111 Å². The van der Waals surface area contributed by atoms with Crippen molar-refractivity contribution in [3.8, 4) is 23.4 Å². The highest BCUT2D eigenvalue weighted by molar-refractivity contribution is 5.73. The highest BCUT2D eigenvalue weighted by atomic mass is 19.2. The number of nitrogen functional groups attached to an aromatic ring is 2. The standard InChI is InChI=1S/C12H6F2N6/c13-8-5(3-15)1-2-6(9(8)14)10-7(4-16)11(17)20-12(18)19-10/h1-2H,(H4,17,18,19,20). The first kappa shape index (κ1) is 13.2. The number of anilines is 2. The van der Waals surface area contributed by atoms with Crippen molar-refractivity contribution in [2.24, 2.45) is 0 Å². The Balaban J connectivity index is 2.80. The molecule has 20 heavy (non-hydrogen) atoms. The molecule has 6 nitrogen and oxygen atoms in total. The summed E-state index contributed by atoms with van der Waals surface area (Å²) in [6.07, 6.45) is 0. The zero-order valence-corrected chi connectivity index (χ0v) is 9.85. The van der Waals surface area contributed by atoms with Crippen LogP contribution in [0.5, 0.6) is 0 Å². The number of nitrogens with two attached hydrogens (primary N) is 2. The van der Waals surface area contributed by atoms with Gasteiger partial charge < -0.3 is 11.5 Å². The summed E-state index contributed by atoms with van der Waals surface area (Å²) in [4.78, 5) is 7.28. The Hall–Kier alpha value is -3.26. The van der Waals surface area contributed by atoms with Crippen molar-refractivity contribution in [3.05, 3.63) is 34.9 Å². The van der Waals surface area contributed by atoms with Gasteiger partial charge in [-0.05, 0) is 12.1 Å². The van der Waals surface area contributed by atoms with Crippen LogP contribution in [0.3, 0.4) is 0 Å². The second-order valence-electron chi connectivity index (χ2n) is 3.70. The molecule has 0 saturated heterocycles. The Morgan fingerprint density at radius 3 is 2.30 bits per heavy atom. The van der Waals surface area contributed by atoms with Gasteiger partial charge in [-0.1, -0.05) is 0 Å². The summed E-state index contributed by atoms with van der Waals surface area (Å²) in [6, 6.07) is 5.41. The Kier molecular flexibility index (Phi) is 3.15. The van der Waals surface area contributed by atoms with Crippen LogP contribution in [-0.2, 0) is 0 Å². The molecule has 0 aliphatic rings. The van der Waals surface area contributed by atoms with E-state index < -0.39 is 17.2 Å². The van der Waals surface area contributed by atoms with E-state index in [4.69, 9.17) is 22.0 Å². The van der Waals surface area contributed by atoms with Crippen molar-refractivity contribution in [1.29, 1.82) is 10.5 Å². The molecule has 0 atom stereocenters. The van der Waals surface area contributed by atoms with E-state index in [0.717, 1.165) is 12.1 Å². The Bertz CT molecular complexity index is 788. The van der Waals surface area contributed by atoms with Crippen molar-refractivity contribution in [2.45, 2.75) is 0 Å². The Morgan fingerprint density at radius 1 is 1.00 bits per heavy atom. The molecule has 8 heteroatoms. The van der Waals surface area contributed by atoms with Gasteiger partial charge in [-0.15, -0.1) is 0 Å². The van der Waals surface area contributed by atoms with Crippen molar-refractivity contribution >= 4 is 11.8 Å². The lowest BCUT2D eigenvalue weighted by atomic mass is 10.0. The summed E-state index contributed by atoms with van der Waals surface area (Å²) in [7, 11) is 0. The predicted molar refractivity (Wildman–Crippen MR) is 65.6 cm³/mol. The van der Waals surface area contributed by atoms with Gasteiger partial charge >= 0.3 is 0 Å². The van der Waals surface area contributed by atoms with E-state index in [0.29, 0.717) is 0 Å². The molecule has 1 aromatic heterocycles. The average molecular weight is 272 g/mol. The largest absolute Gasteiger partial charge is 0.382 e. The predicted octanol–water partition coefficient (Wildman–Crippen LogP) is 1.33. The molecule has 0 bridgehead atoms. The molecule has 1 aromatic carbocycles. The maximum absolute atomic E-state index is 13.9. The highest BCUT2D eigenvalue weighted by Crippen LogP contribution is 2.29. The van der Waals surface area contributed by atoms with Crippen LogP contribution in [0.2, 0.25) is 0 Å². The van der Waals surface area contributed by atoms with Gasteiger partial charge in [0, 0.05) is 5.56 Å². The number of halogens is 2. The molecule has 0 amide bonds. The lowest BCUT2D eigenvalue weighted by molar-refractivity contribution is 0.508. The molecule has 1 heterocycles. The first-order chi connectivity index (χ1) is 9.49. The van der Waals surface area contributed by atoms with Crippen LogP contribution < -0.4 is 11.5 Å². The monoisotopic (exact) mass is 272 g/mol. The fraction of sp³-hybridized carbons (Fsp3) is 0. The summed E-state index contributed by atoms with van der Waals surface area (Å²) in [5.74, 6) is -3.15. The third kappa shape index (κ3) is 1.95. The minimum absolute atomic E-state index is 0.220.